The molecule has 0 atom stereocenters. The first-order valence-corrected chi connectivity index (χ1v) is 19.7. The molecule has 266 valence electrons. The molecule has 11 aromatic rings. The van der Waals surface area contributed by atoms with Gasteiger partial charge in [0.25, 0.3) is 0 Å². The van der Waals surface area contributed by atoms with Crippen molar-refractivity contribution in [2.45, 2.75) is 0 Å². The minimum Gasteiger partial charge on any atom is -0.310 e. The van der Waals surface area contributed by atoms with Crippen LogP contribution >= 0.6 is 0 Å². The van der Waals surface area contributed by atoms with Crippen molar-refractivity contribution >= 4 is 70.9 Å². The maximum absolute atomic E-state index is 2.38. The fourth-order valence-corrected chi connectivity index (χ4v) is 8.89. The Morgan fingerprint density at radius 1 is 0.228 bits per heavy atom. The summed E-state index contributed by atoms with van der Waals surface area (Å²) in [6.07, 6.45) is 0. The number of hydrogen-bond donors (Lipinski definition) is 0. The van der Waals surface area contributed by atoms with E-state index in [9.17, 15) is 0 Å². The average Bonchev–Trinajstić information content (AvgIpc) is 3.29. The third-order valence-corrected chi connectivity index (χ3v) is 11.6. The number of rotatable bonds is 6. The van der Waals surface area contributed by atoms with Crippen molar-refractivity contribution in [3.8, 4) is 33.4 Å². The third-order valence-electron chi connectivity index (χ3n) is 11.6. The normalized spacial score (nSPS) is 11.5. The lowest BCUT2D eigenvalue weighted by molar-refractivity contribution is 1.28. The Hall–Kier alpha value is -7.48. The van der Waals surface area contributed by atoms with Crippen molar-refractivity contribution in [3.63, 3.8) is 0 Å². The van der Waals surface area contributed by atoms with Crippen molar-refractivity contribution in [1.82, 2.24) is 0 Å². The van der Waals surface area contributed by atoms with Crippen LogP contribution in [0.5, 0.6) is 0 Å². The second kappa shape index (κ2) is 13.7. The molecule has 0 aliphatic carbocycles. The average molecular weight is 724 g/mol. The lowest BCUT2D eigenvalue weighted by Gasteiger charge is -2.26. The Morgan fingerprint density at radius 3 is 1.40 bits per heavy atom. The van der Waals surface area contributed by atoms with Crippen LogP contribution in [0.3, 0.4) is 0 Å². The van der Waals surface area contributed by atoms with Crippen LogP contribution in [0.25, 0.3) is 87.2 Å². The first kappa shape index (κ1) is 32.9. The molecule has 0 saturated heterocycles. The molecule has 0 amide bonds. The zero-order valence-electron chi connectivity index (χ0n) is 31.3. The van der Waals surface area contributed by atoms with E-state index in [1.165, 1.54) is 87.2 Å². The monoisotopic (exact) mass is 723 g/mol. The highest BCUT2D eigenvalue weighted by Gasteiger charge is 2.17. The Bertz CT molecular complexity index is 3270. The van der Waals surface area contributed by atoms with E-state index in [1.54, 1.807) is 0 Å². The number of anilines is 3. The van der Waals surface area contributed by atoms with E-state index >= 15 is 0 Å². The van der Waals surface area contributed by atoms with Gasteiger partial charge in [0, 0.05) is 17.1 Å². The maximum atomic E-state index is 2.38. The van der Waals surface area contributed by atoms with Crippen LogP contribution in [0, 0.1) is 0 Å². The summed E-state index contributed by atoms with van der Waals surface area (Å²) >= 11 is 0. The van der Waals surface area contributed by atoms with E-state index in [-0.39, 0.29) is 0 Å². The first-order chi connectivity index (χ1) is 28.3. The molecule has 1 nitrogen and oxygen atoms in total. The molecule has 0 N–H and O–H groups in total. The van der Waals surface area contributed by atoms with E-state index in [1.807, 2.05) is 0 Å². The largest absolute Gasteiger partial charge is 0.310 e. The summed E-state index contributed by atoms with van der Waals surface area (Å²) in [6, 6.07) is 82.0. The number of hydrogen-bond acceptors (Lipinski definition) is 1. The Balaban J connectivity index is 1.04. The summed E-state index contributed by atoms with van der Waals surface area (Å²) in [6.45, 7) is 0. The fraction of sp³-hybridized carbons (Fsp3) is 0. The maximum Gasteiger partial charge on any atom is 0.0467 e. The second-order valence-electron chi connectivity index (χ2n) is 14.9. The molecule has 0 aromatic heterocycles. The molecular formula is C56H37N. The molecule has 0 spiro atoms. The molecule has 0 bridgehead atoms. The first-order valence-electron chi connectivity index (χ1n) is 19.7. The number of fused-ring (bicyclic) bond motifs is 8. The quantitative estimate of drug-likeness (QED) is 0.154. The Labute approximate surface area is 332 Å². The van der Waals surface area contributed by atoms with Crippen molar-refractivity contribution in [3.05, 3.63) is 224 Å². The van der Waals surface area contributed by atoms with Gasteiger partial charge in [-0.2, -0.15) is 0 Å². The van der Waals surface area contributed by atoms with Crippen molar-refractivity contribution in [1.29, 1.82) is 0 Å². The third kappa shape index (κ3) is 5.72. The van der Waals surface area contributed by atoms with Crippen LogP contribution < -0.4 is 4.90 Å². The van der Waals surface area contributed by atoms with Crippen molar-refractivity contribution in [2.75, 3.05) is 4.90 Å². The highest BCUT2D eigenvalue weighted by molar-refractivity contribution is 6.23. The van der Waals surface area contributed by atoms with E-state index in [2.05, 4.69) is 229 Å². The minimum absolute atomic E-state index is 1.10. The van der Waals surface area contributed by atoms with Crippen LogP contribution in [0.15, 0.2) is 224 Å². The molecule has 0 heterocycles. The van der Waals surface area contributed by atoms with Gasteiger partial charge in [0.15, 0.2) is 0 Å². The van der Waals surface area contributed by atoms with E-state index in [0.29, 0.717) is 0 Å². The molecule has 11 aromatic carbocycles. The molecule has 0 radical (unpaired) electrons. The van der Waals surface area contributed by atoms with E-state index in [4.69, 9.17) is 0 Å². The van der Waals surface area contributed by atoms with Gasteiger partial charge in [-0.1, -0.05) is 176 Å². The van der Waals surface area contributed by atoms with Gasteiger partial charge in [0.2, 0.25) is 0 Å². The molecule has 0 fully saturated rings. The Morgan fingerprint density at radius 2 is 0.719 bits per heavy atom. The van der Waals surface area contributed by atoms with Gasteiger partial charge in [0.1, 0.15) is 0 Å². The molecule has 1 heteroatoms. The molecule has 11 rings (SSSR count). The smallest absolute Gasteiger partial charge is 0.0467 e. The van der Waals surface area contributed by atoms with Crippen molar-refractivity contribution in [2.24, 2.45) is 0 Å². The van der Waals surface area contributed by atoms with E-state index in [0.717, 1.165) is 17.1 Å². The van der Waals surface area contributed by atoms with Gasteiger partial charge < -0.3 is 4.90 Å². The van der Waals surface area contributed by atoms with Gasteiger partial charge in [0.05, 0.1) is 0 Å². The SMILES string of the molecule is c1ccc(-c2cccc(N(c3ccc(-c4cc5ccccc5c5ccccc45)cc3)c3ccc(-c4cc5ccc6ccccc6c5c5ccccc45)cc3)c2)cc1. The molecule has 0 saturated carbocycles. The van der Waals surface area contributed by atoms with Gasteiger partial charge in [-0.15, -0.1) is 0 Å². The zero-order chi connectivity index (χ0) is 37.7. The van der Waals surface area contributed by atoms with Crippen LogP contribution in [-0.4, -0.2) is 0 Å². The molecule has 0 unspecified atom stereocenters. The standard InChI is InChI=1S/C56H37N/c1-2-13-38(14-3-1)42-17-12-18-47(35-42)57(45-31-27-40(28-32-45)54-36-43-16-5-6-19-48(43)50-21-8-9-22-51(50)54)46-33-29-41(30-34-46)55-37-44-26-25-39-15-4-7-20-49(39)56(44)53-24-11-10-23-52(53)55/h1-37H. The van der Waals surface area contributed by atoms with Crippen LogP contribution in [0.2, 0.25) is 0 Å². The highest BCUT2D eigenvalue weighted by Crippen LogP contribution is 2.42. The Kier molecular flexibility index (Phi) is 7.89. The lowest BCUT2D eigenvalue weighted by atomic mass is 9.90. The molecule has 0 aliphatic heterocycles. The van der Waals surface area contributed by atoms with Crippen LogP contribution in [0.4, 0.5) is 17.1 Å². The fourth-order valence-electron chi connectivity index (χ4n) is 8.89. The zero-order valence-corrected chi connectivity index (χ0v) is 31.3. The van der Waals surface area contributed by atoms with Crippen LogP contribution in [-0.2, 0) is 0 Å². The summed E-state index contributed by atoms with van der Waals surface area (Å²) in [7, 11) is 0. The summed E-state index contributed by atoms with van der Waals surface area (Å²) in [5.41, 5.74) is 10.6. The minimum atomic E-state index is 1.10. The second-order valence-corrected chi connectivity index (χ2v) is 14.9. The van der Waals surface area contributed by atoms with Crippen LogP contribution in [0.1, 0.15) is 0 Å². The highest BCUT2D eigenvalue weighted by atomic mass is 15.1. The van der Waals surface area contributed by atoms with E-state index < -0.39 is 0 Å². The molecular weight excluding hydrogens is 687 g/mol. The van der Waals surface area contributed by atoms with Gasteiger partial charge in [-0.3, -0.25) is 0 Å². The summed E-state index contributed by atoms with van der Waals surface area (Å²) in [5.74, 6) is 0. The predicted octanol–water partition coefficient (Wildman–Crippen LogP) is 15.9. The summed E-state index contributed by atoms with van der Waals surface area (Å²) in [5, 5.41) is 12.8. The summed E-state index contributed by atoms with van der Waals surface area (Å²) < 4.78 is 0. The molecule has 57 heavy (non-hydrogen) atoms. The molecule has 0 aliphatic rings. The van der Waals surface area contributed by atoms with Gasteiger partial charge in [-0.25, -0.2) is 0 Å². The summed E-state index contributed by atoms with van der Waals surface area (Å²) in [4.78, 5) is 2.38. The number of benzene rings is 11. The lowest BCUT2D eigenvalue weighted by Crippen LogP contribution is -2.10. The van der Waals surface area contributed by atoms with Gasteiger partial charge >= 0.3 is 0 Å². The van der Waals surface area contributed by atoms with Crippen molar-refractivity contribution < 1.29 is 0 Å². The number of nitrogens with zero attached hydrogens (tertiary/aromatic N) is 1. The van der Waals surface area contributed by atoms with Gasteiger partial charge in [-0.05, 0) is 136 Å². The topological polar surface area (TPSA) is 3.24 Å². The predicted molar refractivity (Wildman–Crippen MR) is 245 cm³/mol.